The first-order chi connectivity index (χ1) is 9.11. The highest BCUT2D eigenvalue weighted by Crippen LogP contribution is 2.12. The predicted molar refractivity (Wildman–Crippen MR) is 74.8 cm³/mol. The summed E-state index contributed by atoms with van der Waals surface area (Å²) in [4.78, 5) is 17.6. The molecule has 20 heavy (non-hydrogen) atoms. The Morgan fingerprint density at radius 3 is 2.50 bits per heavy atom. The predicted octanol–water partition coefficient (Wildman–Crippen LogP) is 1.42. The van der Waals surface area contributed by atoms with E-state index < -0.39 is 15.7 Å². The van der Waals surface area contributed by atoms with E-state index in [1.807, 2.05) is 0 Å². The van der Waals surface area contributed by atoms with Gasteiger partial charge in [0, 0.05) is 18.8 Å². The second kappa shape index (κ2) is 6.30. The first-order valence-corrected chi connectivity index (χ1v) is 8.28. The molecule has 1 amide bonds. The molecule has 0 aromatic carbocycles. The first-order valence-electron chi connectivity index (χ1n) is 6.22. The molecule has 0 radical (unpaired) electrons. The number of carbonyl (C=O) groups excluding carboxylic acids is 1. The van der Waals surface area contributed by atoms with Crippen molar-refractivity contribution in [1.29, 1.82) is 0 Å². The van der Waals surface area contributed by atoms with Crippen LogP contribution in [0.1, 0.15) is 29.9 Å². The van der Waals surface area contributed by atoms with E-state index in [1.165, 1.54) is 11.0 Å². The maximum Gasteiger partial charge on any atom is 0.272 e. The van der Waals surface area contributed by atoms with Crippen molar-refractivity contribution in [2.45, 2.75) is 26.8 Å². The lowest BCUT2D eigenvalue weighted by Crippen LogP contribution is -2.40. The van der Waals surface area contributed by atoms with Crippen molar-refractivity contribution in [1.82, 2.24) is 9.88 Å². The third-order valence-corrected chi connectivity index (χ3v) is 3.76. The van der Waals surface area contributed by atoms with E-state index in [0.717, 1.165) is 12.5 Å². The van der Waals surface area contributed by atoms with E-state index in [1.54, 1.807) is 20.8 Å². The summed E-state index contributed by atoms with van der Waals surface area (Å²) in [5, 5.41) is 0. The number of carbonyl (C=O) groups is 1. The van der Waals surface area contributed by atoms with E-state index in [0.29, 0.717) is 5.56 Å². The molecule has 1 aromatic rings. The van der Waals surface area contributed by atoms with E-state index in [-0.39, 0.29) is 29.9 Å². The van der Waals surface area contributed by atoms with Gasteiger partial charge in [0.1, 0.15) is 21.3 Å². The Kier molecular flexibility index (Phi) is 5.21. The Bertz CT molecular complexity index is 600. The van der Waals surface area contributed by atoms with Crippen LogP contribution < -0.4 is 0 Å². The van der Waals surface area contributed by atoms with Gasteiger partial charge >= 0.3 is 0 Å². The van der Waals surface area contributed by atoms with E-state index in [9.17, 15) is 17.6 Å². The van der Waals surface area contributed by atoms with E-state index in [4.69, 9.17) is 0 Å². The third-order valence-electron chi connectivity index (χ3n) is 2.83. The van der Waals surface area contributed by atoms with Crippen LogP contribution in [-0.2, 0) is 9.84 Å². The SMILES string of the molecule is Cc1cc(F)cnc1C(=O)N(CCS(C)(=O)=O)C(C)C. The zero-order chi connectivity index (χ0) is 15.5. The van der Waals surface area contributed by atoms with Crippen LogP contribution in [0.2, 0.25) is 0 Å². The smallest absolute Gasteiger partial charge is 0.272 e. The minimum Gasteiger partial charge on any atom is -0.334 e. The van der Waals surface area contributed by atoms with Gasteiger partial charge < -0.3 is 4.90 Å². The number of hydrogen-bond donors (Lipinski definition) is 0. The normalized spacial score (nSPS) is 11.7. The zero-order valence-electron chi connectivity index (χ0n) is 12.1. The monoisotopic (exact) mass is 302 g/mol. The minimum absolute atomic E-state index is 0.0911. The molecular formula is C13H19FN2O3S. The fraction of sp³-hybridized carbons (Fsp3) is 0.538. The molecule has 0 aliphatic carbocycles. The topological polar surface area (TPSA) is 67.3 Å². The van der Waals surface area contributed by atoms with Crippen LogP contribution in [0.5, 0.6) is 0 Å². The molecular weight excluding hydrogens is 283 g/mol. The molecule has 0 saturated carbocycles. The number of aryl methyl sites for hydroxylation is 1. The Balaban J connectivity index is 3.00. The Labute approximate surface area is 118 Å². The van der Waals surface area contributed by atoms with Crippen molar-refractivity contribution in [3.63, 3.8) is 0 Å². The molecule has 0 fully saturated rings. The van der Waals surface area contributed by atoms with Crippen LogP contribution in [0.25, 0.3) is 0 Å². The van der Waals surface area contributed by atoms with Gasteiger partial charge in [-0.3, -0.25) is 4.79 Å². The van der Waals surface area contributed by atoms with Crippen molar-refractivity contribution >= 4 is 15.7 Å². The zero-order valence-corrected chi connectivity index (χ0v) is 12.9. The number of rotatable bonds is 5. The first kappa shape index (κ1) is 16.6. The molecule has 0 aliphatic rings. The van der Waals surface area contributed by atoms with Gasteiger partial charge in [-0.25, -0.2) is 17.8 Å². The minimum atomic E-state index is -3.16. The van der Waals surface area contributed by atoms with Crippen molar-refractivity contribution in [3.05, 3.63) is 29.3 Å². The van der Waals surface area contributed by atoms with Gasteiger partial charge in [0.05, 0.1) is 11.9 Å². The third kappa shape index (κ3) is 4.56. The standard InChI is InChI=1S/C13H19FN2O3S/c1-9(2)16(5-6-20(4,18)19)13(17)12-10(3)7-11(14)8-15-12/h7-9H,5-6H2,1-4H3. The van der Waals surface area contributed by atoms with Crippen LogP contribution in [0.15, 0.2) is 12.3 Å². The van der Waals surface area contributed by atoms with Crippen LogP contribution in [0.4, 0.5) is 4.39 Å². The summed E-state index contributed by atoms with van der Waals surface area (Å²) in [5.41, 5.74) is 0.577. The lowest BCUT2D eigenvalue weighted by molar-refractivity contribution is 0.0711. The van der Waals surface area contributed by atoms with Crippen molar-refractivity contribution in [2.75, 3.05) is 18.6 Å². The van der Waals surface area contributed by atoms with Crippen LogP contribution in [0.3, 0.4) is 0 Å². The summed E-state index contributed by atoms with van der Waals surface area (Å²) in [5.74, 6) is -1.01. The Morgan fingerprint density at radius 2 is 2.05 bits per heavy atom. The van der Waals surface area contributed by atoms with Gasteiger partial charge in [0.25, 0.3) is 5.91 Å². The van der Waals surface area contributed by atoms with Crippen LogP contribution in [-0.4, -0.2) is 48.8 Å². The second-order valence-corrected chi connectivity index (χ2v) is 7.30. The number of hydrogen-bond acceptors (Lipinski definition) is 4. The summed E-state index contributed by atoms with van der Waals surface area (Å²) >= 11 is 0. The summed E-state index contributed by atoms with van der Waals surface area (Å²) in [6, 6.07) is 1.06. The fourth-order valence-corrected chi connectivity index (χ4v) is 2.29. The number of amides is 1. The quantitative estimate of drug-likeness (QED) is 0.825. The molecule has 1 rings (SSSR count). The number of nitrogens with zero attached hydrogens (tertiary/aromatic N) is 2. The number of pyridine rings is 1. The second-order valence-electron chi connectivity index (χ2n) is 5.04. The summed E-state index contributed by atoms with van der Waals surface area (Å²) < 4.78 is 35.5. The Morgan fingerprint density at radius 1 is 1.45 bits per heavy atom. The molecule has 0 atom stereocenters. The highest BCUT2D eigenvalue weighted by atomic mass is 32.2. The van der Waals surface area contributed by atoms with E-state index >= 15 is 0 Å². The average molecular weight is 302 g/mol. The van der Waals surface area contributed by atoms with Gasteiger partial charge in [0.2, 0.25) is 0 Å². The van der Waals surface area contributed by atoms with Gasteiger partial charge in [-0.05, 0) is 32.4 Å². The molecule has 0 unspecified atom stereocenters. The highest BCUT2D eigenvalue weighted by molar-refractivity contribution is 7.90. The van der Waals surface area contributed by atoms with Gasteiger partial charge in [-0.15, -0.1) is 0 Å². The number of halogens is 1. The van der Waals surface area contributed by atoms with Crippen molar-refractivity contribution in [3.8, 4) is 0 Å². The van der Waals surface area contributed by atoms with Crippen molar-refractivity contribution < 1.29 is 17.6 Å². The molecule has 1 aromatic heterocycles. The fourth-order valence-electron chi connectivity index (χ4n) is 1.76. The van der Waals surface area contributed by atoms with Gasteiger partial charge in [0.15, 0.2) is 0 Å². The summed E-state index contributed by atoms with van der Waals surface area (Å²) in [7, 11) is -3.16. The van der Waals surface area contributed by atoms with Crippen LogP contribution >= 0.6 is 0 Å². The van der Waals surface area contributed by atoms with Gasteiger partial charge in [-0.1, -0.05) is 0 Å². The lowest BCUT2D eigenvalue weighted by Gasteiger charge is -2.26. The highest BCUT2D eigenvalue weighted by Gasteiger charge is 2.22. The molecule has 112 valence electrons. The average Bonchev–Trinajstić information content (AvgIpc) is 2.26. The maximum absolute atomic E-state index is 13.0. The molecule has 5 nitrogen and oxygen atoms in total. The number of aromatic nitrogens is 1. The van der Waals surface area contributed by atoms with Gasteiger partial charge in [-0.2, -0.15) is 0 Å². The van der Waals surface area contributed by atoms with E-state index in [2.05, 4.69) is 4.98 Å². The molecule has 7 heteroatoms. The van der Waals surface area contributed by atoms with Crippen LogP contribution in [0, 0.1) is 12.7 Å². The largest absolute Gasteiger partial charge is 0.334 e. The maximum atomic E-state index is 13.0. The molecule has 0 N–H and O–H groups in total. The molecule has 0 aliphatic heterocycles. The summed E-state index contributed by atoms with van der Waals surface area (Å²) in [6.07, 6.45) is 2.10. The Hall–Kier alpha value is -1.50. The summed E-state index contributed by atoms with van der Waals surface area (Å²) in [6.45, 7) is 5.27. The molecule has 0 bridgehead atoms. The molecule has 0 saturated heterocycles. The van der Waals surface area contributed by atoms with Crippen molar-refractivity contribution in [2.24, 2.45) is 0 Å². The molecule has 0 spiro atoms. The molecule has 1 heterocycles. The number of sulfone groups is 1. The lowest BCUT2D eigenvalue weighted by atomic mass is 10.1.